The average molecular weight is 314 g/mol. The molecule has 2 aromatic rings. The second-order valence-electron chi connectivity index (χ2n) is 4.68. The Kier molecular flexibility index (Phi) is 5.61. The Morgan fingerprint density at radius 3 is 2.59 bits per heavy atom. The highest BCUT2D eigenvalue weighted by Gasteiger charge is 2.11. The molecule has 1 amide bonds. The number of carbonyl (C=O) groups excluding carboxylic acids is 1. The van der Waals surface area contributed by atoms with Gasteiger partial charge in [-0.25, -0.2) is 5.43 Å². The standard InChI is InChI=1S/C17H18N2O2S/c1-12-4-9-15(16(10-12)21-2)17(20)19-18-11-13-5-7-14(22-3)8-6-13/h4-11H,1-3H3,(H,19,20)/b18-11-. The fraction of sp³-hybridized carbons (Fsp3) is 0.176. The Hall–Kier alpha value is -2.27. The normalized spacial score (nSPS) is 10.7. The molecule has 1 N–H and O–H groups in total. The van der Waals surface area contributed by atoms with Gasteiger partial charge in [0, 0.05) is 4.90 Å². The molecule has 5 heteroatoms. The van der Waals surface area contributed by atoms with Crippen LogP contribution in [0.5, 0.6) is 5.75 Å². The van der Waals surface area contributed by atoms with E-state index in [9.17, 15) is 4.79 Å². The Morgan fingerprint density at radius 2 is 1.95 bits per heavy atom. The van der Waals surface area contributed by atoms with Crippen molar-refractivity contribution in [1.29, 1.82) is 0 Å². The third-order valence-corrected chi connectivity index (χ3v) is 3.84. The van der Waals surface area contributed by atoms with Gasteiger partial charge in [0.2, 0.25) is 0 Å². The summed E-state index contributed by atoms with van der Waals surface area (Å²) in [4.78, 5) is 13.3. The number of nitrogens with one attached hydrogen (secondary N) is 1. The van der Waals surface area contributed by atoms with Crippen molar-refractivity contribution < 1.29 is 9.53 Å². The van der Waals surface area contributed by atoms with Crippen LogP contribution in [0.3, 0.4) is 0 Å². The van der Waals surface area contributed by atoms with Crippen LogP contribution in [0, 0.1) is 6.92 Å². The van der Waals surface area contributed by atoms with Gasteiger partial charge in [-0.15, -0.1) is 11.8 Å². The topological polar surface area (TPSA) is 50.7 Å². The first-order valence-electron chi connectivity index (χ1n) is 6.76. The summed E-state index contributed by atoms with van der Waals surface area (Å²) in [5, 5.41) is 3.98. The SMILES string of the molecule is COc1cc(C)ccc1C(=O)N/N=C\c1ccc(SC)cc1. The number of carbonyl (C=O) groups is 1. The Morgan fingerprint density at radius 1 is 1.23 bits per heavy atom. The van der Waals surface area contributed by atoms with Gasteiger partial charge in [0.15, 0.2) is 0 Å². The summed E-state index contributed by atoms with van der Waals surface area (Å²) in [6.45, 7) is 1.95. The van der Waals surface area contributed by atoms with Gasteiger partial charge >= 0.3 is 0 Å². The minimum atomic E-state index is -0.297. The van der Waals surface area contributed by atoms with E-state index >= 15 is 0 Å². The lowest BCUT2D eigenvalue weighted by Crippen LogP contribution is -2.18. The van der Waals surface area contributed by atoms with E-state index in [1.807, 2.05) is 49.6 Å². The molecule has 0 heterocycles. The number of methoxy groups -OCH3 is 1. The van der Waals surface area contributed by atoms with Crippen LogP contribution in [0.15, 0.2) is 52.5 Å². The molecule has 0 bridgehead atoms. The molecule has 0 saturated carbocycles. The quantitative estimate of drug-likeness (QED) is 0.522. The lowest BCUT2D eigenvalue weighted by atomic mass is 10.1. The predicted molar refractivity (Wildman–Crippen MR) is 91.0 cm³/mol. The van der Waals surface area contributed by atoms with Gasteiger partial charge in [0.1, 0.15) is 5.75 Å². The van der Waals surface area contributed by atoms with E-state index in [1.165, 1.54) is 4.90 Å². The number of hydrogen-bond donors (Lipinski definition) is 1. The van der Waals surface area contributed by atoms with E-state index in [4.69, 9.17) is 4.74 Å². The van der Waals surface area contributed by atoms with Gasteiger partial charge in [-0.1, -0.05) is 18.2 Å². The first kappa shape index (κ1) is 16.1. The summed E-state index contributed by atoms with van der Waals surface area (Å²) in [5.41, 5.74) is 4.93. The molecule has 0 radical (unpaired) electrons. The van der Waals surface area contributed by atoms with Gasteiger partial charge in [0.05, 0.1) is 18.9 Å². The lowest BCUT2D eigenvalue weighted by Gasteiger charge is -2.07. The van der Waals surface area contributed by atoms with Gasteiger partial charge < -0.3 is 4.74 Å². The number of hydrogen-bond acceptors (Lipinski definition) is 4. The van der Waals surface area contributed by atoms with E-state index in [0.717, 1.165) is 11.1 Å². The number of nitrogens with zero attached hydrogens (tertiary/aromatic N) is 1. The zero-order valence-corrected chi connectivity index (χ0v) is 13.6. The fourth-order valence-corrected chi connectivity index (χ4v) is 2.31. The van der Waals surface area contributed by atoms with Crippen LogP contribution < -0.4 is 10.2 Å². The Labute approximate surface area is 134 Å². The third-order valence-electron chi connectivity index (χ3n) is 3.10. The molecule has 0 fully saturated rings. The summed E-state index contributed by atoms with van der Waals surface area (Å²) in [6, 6.07) is 13.3. The molecule has 0 unspecified atom stereocenters. The molecular formula is C17H18N2O2S. The number of thioether (sulfide) groups is 1. The number of aryl methyl sites for hydroxylation is 1. The maximum absolute atomic E-state index is 12.1. The number of hydrazone groups is 1. The van der Waals surface area contributed by atoms with Crippen LogP contribution >= 0.6 is 11.8 Å². The van der Waals surface area contributed by atoms with E-state index in [1.54, 1.807) is 31.2 Å². The highest BCUT2D eigenvalue weighted by atomic mass is 32.2. The van der Waals surface area contributed by atoms with Crippen LogP contribution in [-0.2, 0) is 0 Å². The van der Waals surface area contributed by atoms with E-state index in [-0.39, 0.29) is 5.91 Å². The first-order valence-corrected chi connectivity index (χ1v) is 7.98. The predicted octanol–water partition coefficient (Wildman–Crippen LogP) is 3.49. The summed E-state index contributed by atoms with van der Waals surface area (Å²) in [6.07, 6.45) is 3.64. The van der Waals surface area contributed by atoms with Crippen molar-refractivity contribution in [3.05, 3.63) is 59.2 Å². The van der Waals surface area contributed by atoms with E-state index in [2.05, 4.69) is 10.5 Å². The number of amides is 1. The van der Waals surface area contributed by atoms with Gasteiger partial charge in [-0.3, -0.25) is 4.79 Å². The molecule has 2 rings (SSSR count). The molecule has 0 aliphatic rings. The van der Waals surface area contributed by atoms with E-state index in [0.29, 0.717) is 11.3 Å². The minimum Gasteiger partial charge on any atom is -0.496 e. The number of rotatable bonds is 5. The molecule has 2 aromatic carbocycles. The molecule has 0 aliphatic heterocycles. The molecule has 4 nitrogen and oxygen atoms in total. The van der Waals surface area contributed by atoms with Crippen molar-refractivity contribution in [3.63, 3.8) is 0 Å². The van der Waals surface area contributed by atoms with Crippen molar-refractivity contribution in [2.75, 3.05) is 13.4 Å². The first-order chi connectivity index (χ1) is 10.6. The van der Waals surface area contributed by atoms with Crippen molar-refractivity contribution in [3.8, 4) is 5.75 Å². The number of benzene rings is 2. The molecule has 0 atom stereocenters. The summed E-state index contributed by atoms with van der Waals surface area (Å²) >= 11 is 1.68. The molecule has 0 aliphatic carbocycles. The highest BCUT2D eigenvalue weighted by Crippen LogP contribution is 2.19. The molecule has 0 aromatic heterocycles. The van der Waals surface area contributed by atoms with Gasteiger partial charge in [-0.05, 0) is 48.6 Å². The molecule has 114 valence electrons. The maximum atomic E-state index is 12.1. The van der Waals surface area contributed by atoms with Crippen LogP contribution in [0.4, 0.5) is 0 Å². The van der Waals surface area contributed by atoms with Crippen LogP contribution in [0.1, 0.15) is 21.5 Å². The van der Waals surface area contributed by atoms with Crippen LogP contribution in [-0.4, -0.2) is 25.5 Å². The molecule has 0 spiro atoms. The minimum absolute atomic E-state index is 0.297. The zero-order chi connectivity index (χ0) is 15.9. The zero-order valence-electron chi connectivity index (χ0n) is 12.8. The van der Waals surface area contributed by atoms with Crippen molar-refractivity contribution in [2.45, 2.75) is 11.8 Å². The Balaban J connectivity index is 2.04. The smallest absolute Gasteiger partial charge is 0.275 e. The molecule has 22 heavy (non-hydrogen) atoms. The molecule has 0 saturated heterocycles. The second-order valence-corrected chi connectivity index (χ2v) is 5.56. The van der Waals surface area contributed by atoms with E-state index < -0.39 is 0 Å². The van der Waals surface area contributed by atoms with Crippen molar-refractivity contribution in [2.24, 2.45) is 5.10 Å². The van der Waals surface area contributed by atoms with Crippen molar-refractivity contribution >= 4 is 23.9 Å². The van der Waals surface area contributed by atoms with Gasteiger partial charge in [0.25, 0.3) is 5.91 Å². The fourth-order valence-electron chi connectivity index (χ4n) is 1.90. The third kappa shape index (κ3) is 4.11. The second kappa shape index (κ2) is 7.66. The molecular weight excluding hydrogens is 296 g/mol. The maximum Gasteiger partial charge on any atom is 0.275 e. The Bertz CT molecular complexity index is 682. The van der Waals surface area contributed by atoms with Crippen molar-refractivity contribution in [1.82, 2.24) is 5.43 Å². The number of ether oxygens (including phenoxy) is 1. The summed E-state index contributed by atoms with van der Waals surface area (Å²) < 4.78 is 5.22. The van der Waals surface area contributed by atoms with Crippen LogP contribution in [0.2, 0.25) is 0 Å². The highest BCUT2D eigenvalue weighted by molar-refractivity contribution is 7.98. The monoisotopic (exact) mass is 314 g/mol. The van der Waals surface area contributed by atoms with Crippen LogP contribution in [0.25, 0.3) is 0 Å². The summed E-state index contributed by atoms with van der Waals surface area (Å²) in [5.74, 6) is 0.242. The van der Waals surface area contributed by atoms with Gasteiger partial charge in [-0.2, -0.15) is 5.10 Å². The lowest BCUT2D eigenvalue weighted by molar-refractivity contribution is 0.0952. The summed E-state index contributed by atoms with van der Waals surface area (Å²) in [7, 11) is 1.54. The largest absolute Gasteiger partial charge is 0.496 e. The average Bonchev–Trinajstić information content (AvgIpc) is 2.55.